The molecule has 0 bridgehead atoms. The summed E-state index contributed by atoms with van der Waals surface area (Å²) in [6.07, 6.45) is -0.565. The van der Waals surface area contributed by atoms with Crippen molar-refractivity contribution in [1.29, 1.82) is 0 Å². The normalized spacial score (nSPS) is 13.4. The van der Waals surface area contributed by atoms with Crippen LogP contribution in [0.4, 0.5) is 0 Å². The maximum absolute atomic E-state index is 11.5. The standard InChI is InChI=1S/C9H19NO5S/c1-3-14-8(5-10)6-16(12,13)7-9(11)15-4-2/h8H,3-7,10H2,1-2H3. The number of esters is 1. The molecule has 0 radical (unpaired) electrons. The second kappa shape index (κ2) is 7.59. The monoisotopic (exact) mass is 253 g/mol. The van der Waals surface area contributed by atoms with Crippen molar-refractivity contribution in [3.63, 3.8) is 0 Å². The van der Waals surface area contributed by atoms with Crippen LogP contribution in [0, 0.1) is 0 Å². The Morgan fingerprint density at radius 2 is 1.94 bits per heavy atom. The molecule has 0 amide bonds. The van der Waals surface area contributed by atoms with E-state index in [1.54, 1.807) is 13.8 Å². The van der Waals surface area contributed by atoms with Crippen LogP contribution in [0.15, 0.2) is 0 Å². The molecular formula is C9H19NO5S. The fourth-order valence-electron chi connectivity index (χ4n) is 1.14. The molecule has 0 spiro atoms. The SMILES string of the molecule is CCOC(=O)CS(=O)(=O)CC(CN)OCC. The largest absolute Gasteiger partial charge is 0.465 e. The lowest BCUT2D eigenvalue weighted by molar-refractivity contribution is -0.139. The molecule has 0 aromatic rings. The molecule has 1 atom stereocenters. The predicted molar refractivity (Wildman–Crippen MR) is 59.8 cm³/mol. The van der Waals surface area contributed by atoms with Crippen LogP contribution < -0.4 is 5.73 Å². The van der Waals surface area contributed by atoms with Crippen molar-refractivity contribution in [1.82, 2.24) is 0 Å². The van der Waals surface area contributed by atoms with Gasteiger partial charge in [-0.1, -0.05) is 0 Å². The highest BCUT2D eigenvalue weighted by molar-refractivity contribution is 7.92. The van der Waals surface area contributed by atoms with E-state index in [2.05, 4.69) is 4.74 Å². The van der Waals surface area contributed by atoms with Gasteiger partial charge in [-0.2, -0.15) is 0 Å². The molecule has 0 rings (SSSR count). The Bertz CT molecular complexity index is 301. The summed E-state index contributed by atoms with van der Waals surface area (Å²) in [5.41, 5.74) is 5.35. The number of nitrogens with two attached hydrogens (primary N) is 1. The van der Waals surface area contributed by atoms with E-state index in [9.17, 15) is 13.2 Å². The molecule has 0 aliphatic rings. The van der Waals surface area contributed by atoms with Crippen LogP contribution in [0.25, 0.3) is 0 Å². The molecule has 0 aromatic heterocycles. The Labute approximate surface area is 96.0 Å². The van der Waals surface area contributed by atoms with Gasteiger partial charge in [0.15, 0.2) is 9.84 Å². The Morgan fingerprint density at radius 1 is 1.31 bits per heavy atom. The summed E-state index contributed by atoms with van der Waals surface area (Å²) < 4.78 is 32.7. The second-order valence-corrected chi connectivity index (χ2v) is 5.28. The van der Waals surface area contributed by atoms with E-state index in [0.29, 0.717) is 6.61 Å². The number of sulfone groups is 1. The minimum absolute atomic E-state index is 0.107. The maximum Gasteiger partial charge on any atom is 0.321 e. The van der Waals surface area contributed by atoms with Crippen LogP contribution >= 0.6 is 0 Å². The van der Waals surface area contributed by atoms with Gasteiger partial charge >= 0.3 is 5.97 Å². The zero-order valence-electron chi connectivity index (χ0n) is 9.64. The average Bonchev–Trinajstić information content (AvgIpc) is 2.16. The van der Waals surface area contributed by atoms with Gasteiger partial charge in [0.05, 0.1) is 18.5 Å². The molecule has 1 unspecified atom stereocenters. The van der Waals surface area contributed by atoms with Crippen molar-refractivity contribution in [2.45, 2.75) is 20.0 Å². The number of hydrogen-bond donors (Lipinski definition) is 1. The highest BCUT2D eigenvalue weighted by Crippen LogP contribution is 2.00. The van der Waals surface area contributed by atoms with Gasteiger partial charge in [-0.05, 0) is 13.8 Å². The molecule has 6 nitrogen and oxygen atoms in total. The third-order valence-electron chi connectivity index (χ3n) is 1.75. The fraction of sp³-hybridized carbons (Fsp3) is 0.889. The lowest BCUT2D eigenvalue weighted by Crippen LogP contribution is -2.34. The zero-order valence-corrected chi connectivity index (χ0v) is 10.5. The number of carbonyl (C=O) groups is 1. The van der Waals surface area contributed by atoms with Crippen LogP contribution in [0.2, 0.25) is 0 Å². The summed E-state index contributed by atoms with van der Waals surface area (Å²) in [5.74, 6) is -1.62. The summed E-state index contributed by atoms with van der Waals surface area (Å²) in [4.78, 5) is 11.0. The Morgan fingerprint density at radius 3 is 2.38 bits per heavy atom. The van der Waals surface area contributed by atoms with Crippen molar-refractivity contribution in [3.05, 3.63) is 0 Å². The molecule has 0 fully saturated rings. The van der Waals surface area contributed by atoms with Crippen molar-refractivity contribution in [3.8, 4) is 0 Å². The van der Waals surface area contributed by atoms with E-state index in [4.69, 9.17) is 10.5 Å². The Balaban J connectivity index is 4.27. The fourth-order valence-corrected chi connectivity index (χ4v) is 2.50. The maximum atomic E-state index is 11.5. The van der Waals surface area contributed by atoms with E-state index in [-0.39, 0.29) is 18.9 Å². The summed E-state index contributed by atoms with van der Waals surface area (Å²) in [6.45, 7) is 4.03. The first-order chi connectivity index (χ1) is 7.45. The van der Waals surface area contributed by atoms with Gasteiger partial charge in [-0.3, -0.25) is 4.79 Å². The van der Waals surface area contributed by atoms with Crippen molar-refractivity contribution >= 4 is 15.8 Å². The van der Waals surface area contributed by atoms with Crippen molar-refractivity contribution in [2.24, 2.45) is 5.73 Å². The number of rotatable bonds is 8. The van der Waals surface area contributed by atoms with Crippen LogP contribution in [-0.2, 0) is 24.1 Å². The molecule has 96 valence electrons. The molecule has 16 heavy (non-hydrogen) atoms. The molecule has 7 heteroatoms. The third-order valence-corrected chi connectivity index (χ3v) is 3.30. The van der Waals surface area contributed by atoms with Crippen LogP contribution in [-0.4, -0.2) is 51.8 Å². The number of ether oxygens (including phenoxy) is 2. The van der Waals surface area contributed by atoms with Gasteiger partial charge in [-0.15, -0.1) is 0 Å². The predicted octanol–water partition coefficient (Wildman–Crippen LogP) is -0.672. The minimum Gasteiger partial charge on any atom is -0.465 e. The van der Waals surface area contributed by atoms with E-state index >= 15 is 0 Å². The van der Waals surface area contributed by atoms with Gasteiger partial charge in [-0.25, -0.2) is 8.42 Å². The lowest BCUT2D eigenvalue weighted by Gasteiger charge is -2.14. The highest BCUT2D eigenvalue weighted by atomic mass is 32.2. The number of carbonyl (C=O) groups excluding carboxylic acids is 1. The van der Waals surface area contributed by atoms with Gasteiger partial charge in [0.25, 0.3) is 0 Å². The second-order valence-electron chi connectivity index (χ2n) is 3.17. The molecule has 0 saturated carbocycles. The molecule has 0 heterocycles. The highest BCUT2D eigenvalue weighted by Gasteiger charge is 2.22. The topological polar surface area (TPSA) is 95.7 Å². The smallest absolute Gasteiger partial charge is 0.321 e. The molecule has 0 aliphatic heterocycles. The van der Waals surface area contributed by atoms with E-state index in [1.165, 1.54) is 0 Å². The summed E-state index contributed by atoms with van der Waals surface area (Å²) in [7, 11) is -3.52. The van der Waals surface area contributed by atoms with Gasteiger partial charge in [0.2, 0.25) is 0 Å². The first-order valence-corrected chi connectivity index (χ1v) is 6.95. The summed E-state index contributed by atoms with van der Waals surface area (Å²) >= 11 is 0. The summed E-state index contributed by atoms with van der Waals surface area (Å²) in [6, 6.07) is 0. The first kappa shape index (κ1) is 15.3. The van der Waals surface area contributed by atoms with Gasteiger partial charge in [0.1, 0.15) is 5.75 Å². The van der Waals surface area contributed by atoms with Gasteiger partial charge < -0.3 is 15.2 Å². The average molecular weight is 253 g/mol. The Hall–Kier alpha value is -0.660. The van der Waals surface area contributed by atoms with Crippen LogP contribution in [0.3, 0.4) is 0 Å². The summed E-state index contributed by atoms with van der Waals surface area (Å²) in [5, 5.41) is 0. The number of hydrogen-bond acceptors (Lipinski definition) is 6. The van der Waals surface area contributed by atoms with E-state index in [1.807, 2.05) is 0 Å². The molecule has 0 saturated heterocycles. The molecular weight excluding hydrogens is 234 g/mol. The Kier molecular flexibility index (Phi) is 7.27. The molecule has 0 aliphatic carbocycles. The third kappa shape index (κ3) is 6.76. The quantitative estimate of drug-likeness (QED) is 0.576. The molecule has 2 N–H and O–H groups in total. The van der Waals surface area contributed by atoms with E-state index < -0.39 is 27.7 Å². The molecule has 0 aromatic carbocycles. The minimum atomic E-state index is -3.52. The van der Waals surface area contributed by atoms with Gasteiger partial charge in [0, 0.05) is 13.2 Å². The van der Waals surface area contributed by atoms with E-state index in [0.717, 1.165) is 0 Å². The lowest BCUT2D eigenvalue weighted by atomic mass is 10.4. The van der Waals surface area contributed by atoms with Crippen LogP contribution in [0.5, 0.6) is 0 Å². The van der Waals surface area contributed by atoms with Crippen molar-refractivity contribution < 1.29 is 22.7 Å². The van der Waals surface area contributed by atoms with Crippen molar-refractivity contribution in [2.75, 3.05) is 31.3 Å². The first-order valence-electron chi connectivity index (χ1n) is 5.12. The zero-order chi connectivity index (χ0) is 12.6. The van der Waals surface area contributed by atoms with Crippen LogP contribution in [0.1, 0.15) is 13.8 Å².